The minimum Gasteiger partial charge on any atom is -0.339 e. The fourth-order valence-electron chi connectivity index (χ4n) is 3.30. The minimum atomic E-state index is 0.0218. The highest BCUT2D eigenvalue weighted by atomic mass is 16.2. The highest BCUT2D eigenvalue weighted by Crippen LogP contribution is 2.19. The summed E-state index contributed by atoms with van der Waals surface area (Å²) < 4.78 is 0. The maximum absolute atomic E-state index is 12.3. The molecule has 0 spiro atoms. The van der Waals surface area contributed by atoms with Crippen LogP contribution >= 0.6 is 0 Å². The zero-order chi connectivity index (χ0) is 13.2. The van der Waals surface area contributed by atoms with E-state index in [1.54, 1.807) is 0 Å². The van der Waals surface area contributed by atoms with Crippen molar-refractivity contribution >= 4 is 11.9 Å². The first-order valence-corrected chi connectivity index (χ1v) is 7.27. The molecular weight excluding hydrogens is 244 g/mol. The average molecular weight is 266 g/mol. The zero-order valence-electron chi connectivity index (χ0n) is 11.2. The summed E-state index contributed by atoms with van der Waals surface area (Å²) >= 11 is 0. The van der Waals surface area contributed by atoms with Crippen LogP contribution in [0, 0.1) is 5.92 Å². The van der Waals surface area contributed by atoms with E-state index in [-0.39, 0.29) is 18.0 Å². The second-order valence-corrected chi connectivity index (χ2v) is 5.79. The molecule has 0 aromatic carbocycles. The number of piperazine rings is 1. The van der Waals surface area contributed by atoms with Crippen LogP contribution in [0.3, 0.4) is 0 Å². The Kier molecular flexibility index (Phi) is 3.59. The molecule has 6 heteroatoms. The summed E-state index contributed by atoms with van der Waals surface area (Å²) in [6.07, 6.45) is 2.98. The molecule has 3 fully saturated rings. The standard InChI is InChI=1S/C13H22N4O2/c18-12(6-10-2-1-3-14-7-10)16-4-5-17-11(9-16)8-15-13(17)19/h10-11,14H,1-9H2,(H,15,19). The number of amides is 3. The van der Waals surface area contributed by atoms with Crippen LogP contribution < -0.4 is 10.6 Å². The fraction of sp³-hybridized carbons (Fsp3) is 0.846. The van der Waals surface area contributed by atoms with Gasteiger partial charge in [-0.1, -0.05) is 0 Å². The lowest BCUT2D eigenvalue weighted by molar-refractivity contribution is -0.134. The molecule has 106 valence electrons. The molecule has 3 heterocycles. The molecule has 3 amide bonds. The molecule has 0 bridgehead atoms. The molecule has 0 aromatic heterocycles. The number of nitrogens with one attached hydrogen (secondary N) is 2. The predicted molar refractivity (Wildman–Crippen MR) is 70.7 cm³/mol. The van der Waals surface area contributed by atoms with Crippen LogP contribution in [0.2, 0.25) is 0 Å². The number of urea groups is 1. The smallest absolute Gasteiger partial charge is 0.317 e. The molecule has 0 saturated carbocycles. The van der Waals surface area contributed by atoms with Crippen LogP contribution in [0.1, 0.15) is 19.3 Å². The second kappa shape index (κ2) is 5.36. The summed E-state index contributed by atoms with van der Waals surface area (Å²) in [4.78, 5) is 27.6. The Morgan fingerprint density at radius 2 is 2.21 bits per heavy atom. The highest BCUT2D eigenvalue weighted by Gasteiger charge is 2.37. The summed E-state index contributed by atoms with van der Waals surface area (Å²) in [6.45, 7) is 4.77. The first kappa shape index (κ1) is 12.7. The van der Waals surface area contributed by atoms with Gasteiger partial charge in [-0.15, -0.1) is 0 Å². The summed E-state index contributed by atoms with van der Waals surface area (Å²) in [5.41, 5.74) is 0. The maximum atomic E-state index is 12.3. The Morgan fingerprint density at radius 1 is 1.32 bits per heavy atom. The van der Waals surface area contributed by atoms with E-state index in [1.807, 2.05) is 9.80 Å². The van der Waals surface area contributed by atoms with E-state index in [0.29, 0.717) is 38.5 Å². The van der Waals surface area contributed by atoms with Gasteiger partial charge in [-0.3, -0.25) is 4.79 Å². The zero-order valence-corrected chi connectivity index (χ0v) is 11.2. The lowest BCUT2D eigenvalue weighted by Crippen LogP contribution is -2.54. The van der Waals surface area contributed by atoms with Gasteiger partial charge in [0.05, 0.1) is 6.04 Å². The first-order chi connectivity index (χ1) is 9.24. The molecule has 2 atom stereocenters. The average Bonchev–Trinajstić information content (AvgIpc) is 2.81. The van der Waals surface area contributed by atoms with E-state index >= 15 is 0 Å². The van der Waals surface area contributed by atoms with E-state index in [1.165, 1.54) is 6.42 Å². The largest absolute Gasteiger partial charge is 0.339 e. The number of piperidine rings is 1. The van der Waals surface area contributed by atoms with Gasteiger partial charge in [-0.2, -0.15) is 0 Å². The Bertz CT molecular complexity index is 368. The van der Waals surface area contributed by atoms with Gasteiger partial charge in [0.1, 0.15) is 0 Å². The maximum Gasteiger partial charge on any atom is 0.317 e. The van der Waals surface area contributed by atoms with Gasteiger partial charge >= 0.3 is 6.03 Å². The fourth-order valence-corrected chi connectivity index (χ4v) is 3.30. The summed E-state index contributed by atoms with van der Waals surface area (Å²) in [5.74, 6) is 0.746. The first-order valence-electron chi connectivity index (χ1n) is 7.27. The van der Waals surface area contributed by atoms with Crippen molar-refractivity contribution in [2.45, 2.75) is 25.3 Å². The Morgan fingerprint density at radius 3 is 3.00 bits per heavy atom. The minimum absolute atomic E-state index is 0.0218. The van der Waals surface area contributed by atoms with Gasteiger partial charge in [0.2, 0.25) is 5.91 Å². The summed E-state index contributed by atoms with van der Waals surface area (Å²) in [6, 6.07) is 0.197. The molecule has 0 aromatic rings. The van der Waals surface area contributed by atoms with Crippen molar-refractivity contribution in [1.29, 1.82) is 0 Å². The van der Waals surface area contributed by atoms with Crippen molar-refractivity contribution in [3.8, 4) is 0 Å². The van der Waals surface area contributed by atoms with Crippen LogP contribution in [-0.4, -0.2) is 67.0 Å². The van der Waals surface area contributed by atoms with E-state index in [2.05, 4.69) is 10.6 Å². The molecule has 3 aliphatic heterocycles. The van der Waals surface area contributed by atoms with Crippen molar-refractivity contribution in [2.75, 3.05) is 39.3 Å². The number of carbonyl (C=O) groups excluding carboxylic acids is 2. The Hall–Kier alpha value is -1.30. The van der Waals surface area contributed by atoms with Gasteiger partial charge in [0, 0.05) is 32.6 Å². The third-order valence-corrected chi connectivity index (χ3v) is 4.45. The Balaban J connectivity index is 1.52. The quantitative estimate of drug-likeness (QED) is 0.715. The van der Waals surface area contributed by atoms with Gasteiger partial charge in [-0.25, -0.2) is 4.79 Å². The number of carbonyl (C=O) groups is 2. The lowest BCUT2D eigenvalue weighted by Gasteiger charge is -2.37. The van der Waals surface area contributed by atoms with Crippen LogP contribution in [0.4, 0.5) is 4.79 Å². The van der Waals surface area contributed by atoms with E-state index < -0.39 is 0 Å². The van der Waals surface area contributed by atoms with Gasteiger partial charge in [0.15, 0.2) is 0 Å². The predicted octanol–water partition coefficient (Wildman–Crippen LogP) is -0.388. The van der Waals surface area contributed by atoms with E-state index in [0.717, 1.165) is 19.5 Å². The van der Waals surface area contributed by atoms with Gasteiger partial charge in [-0.05, 0) is 31.8 Å². The number of nitrogens with zero attached hydrogens (tertiary/aromatic N) is 2. The van der Waals surface area contributed by atoms with Gasteiger partial charge < -0.3 is 20.4 Å². The third kappa shape index (κ3) is 2.68. The molecule has 6 nitrogen and oxygen atoms in total. The highest BCUT2D eigenvalue weighted by molar-refractivity contribution is 5.79. The van der Waals surface area contributed by atoms with Crippen molar-refractivity contribution in [3.05, 3.63) is 0 Å². The van der Waals surface area contributed by atoms with Crippen LogP contribution in [0.5, 0.6) is 0 Å². The monoisotopic (exact) mass is 266 g/mol. The van der Waals surface area contributed by atoms with Crippen molar-refractivity contribution < 1.29 is 9.59 Å². The normalized spacial score (nSPS) is 31.1. The number of rotatable bonds is 2. The van der Waals surface area contributed by atoms with Crippen LogP contribution in [0.25, 0.3) is 0 Å². The lowest BCUT2D eigenvalue weighted by atomic mass is 9.95. The van der Waals surface area contributed by atoms with Crippen LogP contribution in [-0.2, 0) is 4.79 Å². The SMILES string of the molecule is O=C(CC1CCCNC1)N1CCN2C(=O)NCC2C1. The summed E-state index contributed by atoms with van der Waals surface area (Å²) in [7, 11) is 0. The van der Waals surface area contributed by atoms with E-state index in [9.17, 15) is 9.59 Å². The second-order valence-electron chi connectivity index (χ2n) is 5.79. The summed E-state index contributed by atoms with van der Waals surface area (Å²) in [5, 5.41) is 6.19. The van der Waals surface area contributed by atoms with E-state index in [4.69, 9.17) is 0 Å². The van der Waals surface area contributed by atoms with Crippen molar-refractivity contribution in [1.82, 2.24) is 20.4 Å². The molecular formula is C13H22N4O2. The van der Waals surface area contributed by atoms with Crippen LogP contribution in [0.15, 0.2) is 0 Å². The van der Waals surface area contributed by atoms with Crippen molar-refractivity contribution in [2.24, 2.45) is 5.92 Å². The molecule has 19 heavy (non-hydrogen) atoms. The van der Waals surface area contributed by atoms with Crippen molar-refractivity contribution in [3.63, 3.8) is 0 Å². The molecule has 0 aliphatic carbocycles. The molecule has 3 rings (SSSR count). The molecule has 2 unspecified atom stereocenters. The molecule has 2 N–H and O–H groups in total. The molecule has 0 radical (unpaired) electrons. The Labute approximate surface area is 113 Å². The topological polar surface area (TPSA) is 64.7 Å². The third-order valence-electron chi connectivity index (χ3n) is 4.45. The van der Waals surface area contributed by atoms with Gasteiger partial charge in [0.25, 0.3) is 0 Å². The number of fused-ring (bicyclic) bond motifs is 1. The number of hydrogen-bond acceptors (Lipinski definition) is 3. The molecule has 3 saturated heterocycles. The number of hydrogen-bond donors (Lipinski definition) is 2. The molecule has 3 aliphatic rings.